The first kappa shape index (κ1) is 12.3. The van der Waals surface area contributed by atoms with Crippen LogP contribution in [0.5, 0.6) is 0 Å². The van der Waals surface area contributed by atoms with Gasteiger partial charge >= 0.3 is 0 Å². The highest BCUT2D eigenvalue weighted by molar-refractivity contribution is 7.55. The molecule has 0 atom stereocenters. The second-order valence-electron chi connectivity index (χ2n) is 3.93. The first-order valence-electron chi connectivity index (χ1n) is 5.67. The van der Waals surface area contributed by atoms with Gasteiger partial charge in [0, 0.05) is 13.1 Å². The minimum atomic E-state index is 0.598. The van der Waals surface area contributed by atoms with Gasteiger partial charge in [0.05, 0.1) is 0 Å². The van der Waals surface area contributed by atoms with Crippen LogP contribution in [0.4, 0.5) is 0 Å². The van der Waals surface area contributed by atoms with Crippen molar-refractivity contribution in [1.82, 2.24) is 0 Å². The van der Waals surface area contributed by atoms with Gasteiger partial charge in [-0.1, -0.05) is 45.0 Å². The highest BCUT2D eigenvalue weighted by atomic mass is 31.1. The summed E-state index contributed by atoms with van der Waals surface area (Å²) in [5, 5.41) is 2.64. The van der Waals surface area contributed by atoms with E-state index in [0.29, 0.717) is 21.7 Å². The van der Waals surface area contributed by atoms with Crippen molar-refractivity contribution in [3.63, 3.8) is 0 Å². The summed E-state index contributed by atoms with van der Waals surface area (Å²) in [5.74, 6) is 0. The minimum Gasteiger partial charge on any atom is -0.326 e. The molecule has 0 fully saturated rings. The third-order valence-corrected chi connectivity index (χ3v) is 3.81. The Hall–Kier alpha value is -1.21. The van der Waals surface area contributed by atoms with E-state index in [1.54, 1.807) is 0 Å². The summed E-state index contributed by atoms with van der Waals surface area (Å²) in [5.41, 5.74) is 13.7. The van der Waals surface area contributed by atoms with Gasteiger partial charge in [0.15, 0.2) is 0 Å². The van der Waals surface area contributed by atoms with Crippen molar-refractivity contribution in [2.75, 3.05) is 0 Å². The van der Waals surface area contributed by atoms with E-state index in [4.69, 9.17) is 11.5 Å². The third-order valence-electron chi connectivity index (χ3n) is 2.61. The van der Waals surface area contributed by atoms with E-state index in [-0.39, 0.29) is 0 Å². The van der Waals surface area contributed by atoms with Crippen LogP contribution in [0.2, 0.25) is 0 Å². The van der Waals surface area contributed by atoms with Crippen LogP contribution in [0.3, 0.4) is 0 Å². The van der Waals surface area contributed by atoms with E-state index < -0.39 is 0 Å². The molecule has 17 heavy (non-hydrogen) atoms. The van der Waals surface area contributed by atoms with Gasteiger partial charge in [-0.25, -0.2) is 0 Å². The molecule has 0 aliphatic carbocycles. The largest absolute Gasteiger partial charge is 0.326 e. The molecule has 0 aromatic heterocycles. The average Bonchev–Trinajstić information content (AvgIpc) is 2.39. The number of rotatable bonds is 4. The first-order valence-corrected chi connectivity index (χ1v) is 6.67. The fourth-order valence-corrected chi connectivity index (χ4v) is 2.93. The number of hydrogen-bond donors (Lipinski definition) is 2. The molecule has 0 amide bonds. The summed E-state index contributed by atoms with van der Waals surface area (Å²) < 4.78 is 0. The molecule has 3 heteroatoms. The van der Waals surface area contributed by atoms with Crippen LogP contribution in [0.1, 0.15) is 11.1 Å². The Bertz CT molecular complexity index is 452. The zero-order chi connectivity index (χ0) is 12.1. The molecule has 0 spiro atoms. The quantitative estimate of drug-likeness (QED) is 0.795. The van der Waals surface area contributed by atoms with Crippen molar-refractivity contribution in [2.45, 2.75) is 13.1 Å². The van der Waals surface area contributed by atoms with Crippen LogP contribution in [-0.2, 0) is 13.1 Å². The molecule has 0 radical (unpaired) electrons. The molecule has 0 bridgehead atoms. The Morgan fingerprint density at radius 3 is 1.65 bits per heavy atom. The summed E-state index contributed by atoms with van der Waals surface area (Å²) in [6.07, 6.45) is 0. The smallest absolute Gasteiger partial charge is 0.0178 e. The Morgan fingerprint density at radius 1 is 0.765 bits per heavy atom. The van der Waals surface area contributed by atoms with E-state index in [1.807, 2.05) is 0 Å². The lowest BCUT2D eigenvalue weighted by molar-refractivity contribution is 1.07. The second-order valence-corrected chi connectivity index (χ2v) is 5.34. The highest BCUT2D eigenvalue weighted by Crippen LogP contribution is 2.12. The van der Waals surface area contributed by atoms with Gasteiger partial charge in [-0.3, -0.25) is 0 Å². The standard InChI is InChI=1S/C14H17N2P/c15-9-11-3-1-5-13(7-11)17-14-6-2-4-12(8-14)10-16/h1-8,17H,9-10,15-16H2. The van der Waals surface area contributed by atoms with Gasteiger partial charge < -0.3 is 11.5 Å². The Labute approximate surface area is 104 Å². The maximum absolute atomic E-state index is 5.64. The molecule has 2 aromatic carbocycles. The highest BCUT2D eigenvalue weighted by Gasteiger charge is 1.98. The topological polar surface area (TPSA) is 52.0 Å². The van der Waals surface area contributed by atoms with Crippen molar-refractivity contribution >= 4 is 19.2 Å². The lowest BCUT2D eigenvalue weighted by Gasteiger charge is -2.06. The molecule has 88 valence electrons. The second kappa shape index (κ2) is 5.92. The van der Waals surface area contributed by atoms with Gasteiger partial charge in [-0.15, -0.1) is 0 Å². The van der Waals surface area contributed by atoms with Crippen LogP contribution < -0.4 is 22.1 Å². The summed E-state index contributed by atoms with van der Waals surface area (Å²) >= 11 is 0. The lowest BCUT2D eigenvalue weighted by Crippen LogP contribution is -2.07. The zero-order valence-electron chi connectivity index (χ0n) is 9.69. The molecule has 2 aromatic rings. The van der Waals surface area contributed by atoms with Gasteiger partial charge in [0.25, 0.3) is 0 Å². The van der Waals surface area contributed by atoms with E-state index in [0.717, 1.165) is 0 Å². The molecule has 2 nitrogen and oxygen atoms in total. The monoisotopic (exact) mass is 244 g/mol. The van der Waals surface area contributed by atoms with Crippen LogP contribution >= 0.6 is 8.58 Å². The molecule has 0 unspecified atom stereocenters. The summed E-state index contributed by atoms with van der Waals surface area (Å²) in [7, 11) is 0.664. The van der Waals surface area contributed by atoms with Crippen molar-refractivity contribution in [3.05, 3.63) is 59.7 Å². The Morgan fingerprint density at radius 2 is 1.24 bits per heavy atom. The minimum absolute atomic E-state index is 0.598. The average molecular weight is 244 g/mol. The summed E-state index contributed by atoms with van der Waals surface area (Å²) in [6.45, 7) is 1.20. The zero-order valence-corrected chi connectivity index (χ0v) is 10.7. The normalized spacial score (nSPS) is 10.5. The van der Waals surface area contributed by atoms with E-state index in [1.165, 1.54) is 21.7 Å². The van der Waals surface area contributed by atoms with Crippen LogP contribution in [0.25, 0.3) is 0 Å². The van der Waals surface area contributed by atoms with Crippen LogP contribution in [0, 0.1) is 0 Å². The fourth-order valence-electron chi connectivity index (χ4n) is 1.72. The van der Waals surface area contributed by atoms with Gasteiger partial charge in [-0.2, -0.15) is 0 Å². The molecule has 0 aliphatic rings. The Kier molecular flexibility index (Phi) is 4.27. The molecule has 0 aliphatic heterocycles. The fraction of sp³-hybridized carbons (Fsp3) is 0.143. The third kappa shape index (κ3) is 3.37. The maximum Gasteiger partial charge on any atom is 0.0178 e. The number of hydrogen-bond acceptors (Lipinski definition) is 2. The molecular formula is C14H17N2P. The van der Waals surface area contributed by atoms with Crippen molar-refractivity contribution in [3.8, 4) is 0 Å². The van der Waals surface area contributed by atoms with Gasteiger partial charge in [0.2, 0.25) is 0 Å². The number of benzene rings is 2. The van der Waals surface area contributed by atoms with Gasteiger partial charge in [-0.05, 0) is 33.9 Å². The molecule has 4 N–H and O–H groups in total. The summed E-state index contributed by atoms with van der Waals surface area (Å²) in [6, 6.07) is 16.9. The molecule has 0 heterocycles. The van der Waals surface area contributed by atoms with Crippen molar-refractivity contribution in [1.29, 1.82) is 0 Å². The maximum atomic E-state index is 5.64. The molecule has 2 rings (SSSR count). The van der Waals surface area contributed by atoms with E-state index in [2.05, 4.69) is 48.5 Å². The summed E-state index contributed by atoms with van der Waals surface area (Å²) in [4.78, 5) is 0. The SMILES string of the molecule is NCc1cccc(Pc2cccc(CN)c2)c1. The van der Waals surface area contributed by atoms with Crippen molar-refractivity contribution < 1.29 is 0 Å². The predicted octanol–water partition coefficient (Wildman–Crippen LogP) is 1.23. The van der Waals surface area contributed by atoms with Crippen LogP contribution in [0.15, 0.2) is 48.5 Å². The van der Waals surface area contributed by atoms with Gasteiger partial charge in [0.1, 0.15) is 0 Å². The molecular weight excluding hydrogens is 227 g/mol. The Balaban J connectivity index is 2.18. The predicted molar refractivity (Wildman–Crippen MR) is 76.2 cm³/mol. The van der Waals surface area contributed by atoms with Crippen LogP contribution in [-0.4, -0.2) is 0 Å². The van der Waals surface area contributed by atoms with E-state index >= 15 is 0 Å². The first-order chi connectivity index (χ1) is 8.31. The lowest BCUT2D eigenvalue weighted by atomic mass is 10.2. The van der Waals surface area contributed by atoms with Crippen molar-refractivity contribution in [2.24, 2.45) is 11.5 Å². The van der Waals surface area contributed by atoms with E-state index in [9.17, 15) is 0 Å². The molecule has 0 saturated heterocycles. The number of nitrogens with two attached hydrogens (primary N) is 2. The molecule has 0 saturated carbocycles.